The Morgan fingerprint density at radius 2 is 0.963 bits per heavy atom. The van der Waals surface area contributed by atoms with Gasteiger partial charge in [0.2, 0.25) is 0 Å². The summed E-state index contributed by atoms with van der Waals surface area (Å²) in [5, 5.41) is 0. The van der Waals surface area contributed by atoms with Gasteiger partial charge in [0, 0.05) is 33.4 Å². The average Bonchev–Trinajstić information content (AvgIpc) is 3.54. The van der Waals surface area contributed by atoms with Crippen molar-refractivity contribution in [2.45, 2.75) is 5.41 Å². The number of nitrogens with zero attached hydrogens (tertiary/aromatic N) is 5. The summed E-state index contributed by atoms with van der Waals surface area (Å²) < 4.78 is 6.65. The Bertz CT molecular complexity index is 2820. The lowest BCUT2D eigenvalue weighted by molar-refractivity contribution is 0.436. The van der Waals surface area contributed by atoms with E-state index in [0.717, 1.165) is 83.9 Å². The van der Waals surface area contributed by atoms with Crippen molar-refractivity contribution in [1.82, 2.24) is 24.9 Å². The van der Waals surface area contributed by atoms with Crippen LogP contribution in [0.5, 0.6) is 11.5 Å². The van der Waals surface area contributed by atoms with Crippen molar-refractivity contribution in [3.05, 3.63) is 198 Å². The van der Waals surface area contributed by atoms with Crippen molar-refractivity contribution >= 4 is 11.0 Å². The second kappa shape index (κ2) is 11.9. The normalized spacial score (nSPS) is 13.1. The molecule has 7 aromatic carbocycles. The second-order valence-electron chi connectivity index (χ2n) is 13.6. The largest absolute Gasteiger partial charge is 0.457 e. The van der Waals surface area contributed by atoms with Gasteiger partial charge in [0.1, 0.15) is 11.5 Å². The molecule has 0 saturated heterocycles. The number of hydrogen-bond donors (Lipinski definition) is 0. The Labute approximate surface area is 311 Å². The second-order valence-corrected chi connectivity index (χ2v) is 13.6. The third-order valence-electron chi connectivity index (χ3n) is 10.6. The molecule has 0 atom stereocenters. The Morgan fingerprint density at radius 1 is 0.389 bits per heavy atom. The van der Waals surface area contributed by atoms with E-state index in [2.05, 4.69) is 72.8 Å². The summed E-state index contributed by atoms with van der Waals surface area (Å²) in [5.41, 5.74) is 12.2. The highest BCUT2D eigenvalue weighted by Gasteiger charge is 2.52. The SMILES string of the molecule is c1ccc(-c2nc(-c3ccccc3)nc(-c3cccc4c3-c3ccc(-c5cnc6ccccc6n5)cc3C43c4ccccc4Oc4ccccc43)n2)cc1. The Balaban J connectivity index is 1.22. The molecule has 0 unspecified atom stereocenters. The van der Waals surface area contributed by atoms with Crippen molar-refractivity contribution in [3.8, 4) is 68.0 Å². The maximum atomic E-state index is 6.65. The smallest absolute Gasteiger partial charge is 0.164 e. The van der Waals surface area contributed by atoms with Gasteiger partial charge < -0.3 is 4.74 Å². The van der Waals surface area contributed by atoms with Gasteiger partial charge in [-0.25, -0.2) is 19.9 Å². The van der Waals surface area contributed by atoms with Crippen LogP contribution in [-0.2, 0) is 5.41 Å². The van der Waals surface area contributed by atoms with Crippen LogP contribution in [0.4, 0.5) is 0 Å². The maximum Gasteiger partial charge on any atom is 0.164 e. The van der Waals surface area contributed by atoms with Crippen LogP contribution in [0.25, 0.3) is 67.6 Å². The van der Waals surface area contributed by atoms with Crippen molar-refractivity contribution < 1.29 is 4.74 Å². The third kappa shape index (κ3) is 4.50. The molecule has 11 rings (SSSR count). The molecule has 1 spiro atoms. The van der Waals surface area contributed by atoms with Crippen LogP contribution in [0.2, 0.25) is 0 Å². The van der Waals surface area contributed by atoms with E-state index in [1.807, 2.05) is 103 Å². The summed E-state index contributed by atoms with van der Waals surface area (Å²) in [4.78, 5) is 25.2. The molecule has 54 heavy (non-hydrogen) atoms. The maximum absolute atomic E-state index is 6.65. The van der Waals surface area contributed by atoms with Gasteiger partial charge in [-0.3, -0.25) is 4.98 Å². The van der Waals surface area contributed by atoms with Crippen LogP contribution < -0.4 is 4.74 Å². The first-order chi connectivity index (χ1) is 26.8. The van der Waals surface area contributed by atoms with Crippen LogP contribution in [0, 0.1) is 0 Å². The first-order valence-electron chi connectivity index (χ1n) is 18.0. The predicted molar refractivity (Wildman–Crippen MR) is 212 cm³/mol. The van der Waals surface area contributed by atoms with Gasteiger partial charge in [-0.2, -0.15) is 0 Å². The Morgan fingerprint density at radius 3 is 1.65 bits per heavy atom. The molecule has 1 aliphatic carbocycles. The lowest BCUT2D eigenvalue weighted by Crippen LogP contribution is -2.32. The third-order valence-corrected chi connectivity index (χ3v) is 10.6. The van der Waals surface area contributed by atoms with E-state index in [9.17, 15) is 0 Å². The van der Waals surface area contributed by atoms with Crippen LogP contribution in [0.3, 0.4) is 0 Å². The van der Waals surface area contributed by atoms with E-state index in [-0.39, 0.29) is 0 Å². The lowest BCUT2D eigenvalue weighted by Gasteiger charge is -2.39. The molecule has 0 fully saturated rings. The minimum Gasteiger partial charge on any atom is -0.457 e. The molecule has 252 valence electrons. The van der Waals surface area contributed by atoms with Gasteiger partial charge in [-0.15, -0.1) is 0 Å². The summed E-state index contributed by atoms with van der Waals surface area (Å²) in [7, 11) is 0. The molecule has 0 radical (unpaired) electrons. The highest BCUT2D eigenvalue weighted by molar-refractivity contribution is 5.97. The summed E-state index contributed by atoms with van der Waals surface area (Å²) in [6.45, 7) is 0. The molecule has 6 heteroatoms. The van der Waals surface area contributed by atoms with E-state index in [1.54, 1.807) is 0 Å². The molecule has 1 aliphatic heterocycles. The average molecular weight is 692 g/mol. The summed E-state index contributed by atoms with van der Waals surface area (Å²) >= 11 is 0. The van der Waals surface area contributed by atoms with Gasteiger partial charge in [0.25, 0.3) is 0 Å². The zero-order valence-electron chi connectivity index (χ0n) is 28.9. The number of benzene rings is 7. The molecule has 2 aliphatic rings. The fraction of sp³-hybridized carbons (Fsp3) is 0.0208. The Hall–Kier alpha value is -7.31. The lowest BCUT2D eigenvalue weighted by atomic mass is 9.66. The van der Waals surface area contributed by atoms with E-state index < -0.39 is 5.41 Å². The quantitative estimate of drug-likeness (QED) is 0.183. The molecule has 2 aromatic heterocycles. The van der Waals surface area contributed by atoms with Gasteiger partial charge in [0.15, 0.2) is 17.5 Å². The van der Waals surface area contributed by atoms with E-state index in [0.29, 0.717) is 17.5 Å². The molecule has 3 heterocycles. The number of fused-ring (bicyclic) bond motifs is 10. The topological polar surface area (TPSA) is 73.7 Å². The molecule has 0 N–H and O–H groups in total. The summed E-state index contributed by atoms with van der Waals surface area (Å²) in [5.74, 6) is 3.51. The number of ether oxygens (including phenoxy) is 1. The van der Waals surface area contributed by atoms with Crippen LogP contribution in [0.15, 0.2) is 176 Å². The minimum atomic E-state index is -0.704. The van der Waals surface area contributed by atoms with Crippen molar-refractivity contribution in [3.63, 3.8) is 0 Å². The molecule has 0 amide bonds. The van der Waals surface area contributed by atoms with Gasteiger partial charge in [0.05, 0.1) is 28.3 Å². The highest BCUT2D eigenvalue weighted by atomic mass is 16.5. The monoisotopic (exact) mass is 691 g/mol. The fourth-order valence-electron chi connectivity index (χ4n) is 8.32. The number of para-hydroxylation sites is 4. The molecular formula is C48H29N5O. The molecule has 0 bridgehead atoms. The predicted octanol–water partition coefficient (Wildman–Crippen LogP) is 11.0. The van der Waals surface area contributed by atoms with Crippen molar-refractivity contribution in [1.29, 1.82) is 0 Å². The zero-order chi connectivity index (χ0) is 35.6. The molecule has 9 aromatic rings. The van der Waals surface area contributed by atoms with Gasteiger partial charge >= 0.3 is 0 Å². The van der Waals surface area contributed by atoms with E-state index >= 15 is 0 Å². The number of rotatable bonds is 4. The number of hydrogen-bond acceptors (Lipinski definition) is 6. The van der Waals surface area contributed by atoms with Crippen LogP contribution in [0.1, 0.15) is 22.3 Å². The molecule has 6 nitrogen and oxygen atoms in total. The zero-order valence-corrected chi connectivity index (χ0v) is 28.9. The first-order valence-corrected chi connectivity index (χ1v) is 18.0. The van der Waals surface area contributed by atoms with Crippen LogP contribution >= 0.6 is 0 Å². The fourth-order valence-corrected chi connectivity index (χ4v) is 8.32. The summed E-state index contributed by atoms with van der Waals surface area (Å²) in [6.07, 6.45) is 1.87. The van der Waals surface area contributed by atoms with E-state index in [1.165, 1.54) is 0 Å². The highest BCUT2D eigenvalue weighted by Crippen LogP contribution is 2.63. The van der Waals surface area contributed by atoms with Crippen molar-refractivity contribution in [2.75, 3.05) is 0 Å². The van der Waals surface area contributed by atoms with Gasteiger partial charge in [-0.1, -0.05) is 140 Å². The standard InChI is InChI=1S/C48H29N5O/c1-3-14-30(15-4-1)45-51-46(31-16-5-2-6-17-31)53-47(52-45)34-18-13-21-37-44(34)33-27-26-32(41-29-49-39-22-9-10-23-40(39)50-41)28-38(33)48(37)35-19-7-11-24-42(35)54-43-25-12-8-20-36(43)48/h1-29H. The molecular weight excluding hydrogens is 663 g/mol. The van der Waals surface area contributed by atoms with Crippen molar-refractivity contribution in [2.24, 2.45) is 0 Å². The minimum absolute atomic E-state index is 0.612. The van der Waals surface area contributed by atoms with E-state index in [4.69, 9.17) is 29.7 Å². The number of aromatic nitrogens is 5. The summed E-state index contributed by atoms with van der Waals surface area (Å²) in [6, 6.07) is 58.2. The van der Waals surface area contributed by atoms with Crippen LogP contribution in [-0.4, -0.2) is 24.9 Å². The Kier molecular flexibility index (Phi) is 6.67. The van der Waals surface area contributed by atoms with Gasteiger partial charge in [-0.05, 0) is 52.6 Å². The molecule has 0 saturated carbocycles. The first kappa shape index (κ1) is 30.3.